The number of aryl methyl sites for hydroxylation is 1. The first-order chi connectivity index (χ1) is 17.8. The number of amides is 1. The molecule has 2 aromatic heterocycles. The monoisotopic (exact) mass is 514 g/mol. The highest BCUT2D eigenvalue weighted by molar-refractivity contribution is 6.34. The summed E-state index contributed by atoms with van der Waals surface area (Å²) in [7, 11) is 0. The van der Waals surface area contributed by atoms with Gasteiger partial charge in [-0.05, 0) is 48.7 Å². The Morgan fingerprint density at radius 2 is 1.78 bits per heavy atom. The van der Waals surface area contributed by atoms with Crippen LogP contribution >= 0.6 is 11.6 Å². The fourth-order valence-electron chi connectivity index (χ4n) is 3.87. The maximum atomic E-state index is 14.8. The highest BCUT2D eigenvalue weighted by Crippen LogP contribution is 2.34. The van der Waals surface area contributed by atoms with Gasteiger partial charge in [0, 0.05) is 29.7 Å². The molecular formula is C28H20ClFN4O3. The number of fused-ring (bicyclic) bond motifs is 1. The van der Waals surface area contributed by atoms with Gasteiger partial charge in [-0.25, -0.2) is 9.37 Å². The third kappa shape index (κ3) is 4.74. The molecule has 0 atom stereocenters. The zero-order chi connectivity index (χ0) is 26.1. The Labute approximate surface area is 215 Å². The van der Waals surface area contributed by atoms with Crippen molar-refractivity contribution in [2.24, 2.45) is 0 Å². The lowest BCUT2D eigenvalue weighted by atomic mass is 10.1. The van der Waals surface area contributed by atoms with Gasteiger partial charge >= 0.3 is 0 Å². The molecule has 0 spiro atoms. The van der Waals surface area contributed by atoms with Crippen LogP contribution in [-0.2, 0) is 0 Å². The van der Waals surface area contributed by atoms with E-state index in [-0.39, 0.29) is 33.6 Å². The van der Waals surface area contributed by atoms with E-state index in [1.165, 1.54) is 35.0 Å². The Morgan fingerprint density at radius 1 is 1.03 bits per heavy atom. The van der Waals surface area contributed by atoms with Crippen LogP contribution in [0.5, 0.6) is 11.5 Å². The zero-order valence-corrected chi connectivity index (χ0v) is 20.3. The average molecular weight is 515 g/mol. The number of halogens is 2. The van der Waals surface area contributed by atoms with Gasteiger partial charge in [0.1, 0.15) is 16.4 Å². The number of hydrogen-bond donors (Lipinski definition) is 2. The van der Waals surface area contributed by atoms with Crippen molar-refractivity contribution in [3.63, 3.8) is 0 Å². The summed E-state index contributed by atoms with van der Waals surface area (Å²) in [6.45, 7) is 1.95. The van der Waals surface area contributed by atoms with Gasteiger partial charge in [-0.3, -0.25) is 14.2 Å². The van der Waals surface area contributed by atoms with E-state index >= 15 is 0 Å². The number of carbonyl (C=O) groups excluding carboxylic acids is 1. The van der Waals surface area contributed by atoms with E-state index in [0.717, 1.165) is 11.6 Å². The fourth-order valence-corrected chi connectivity index (χ4v) is 4.02. The van der Waals surface area contributed by atoms with Crippen LogP contribution in [0.3, 0.4) is 0 Å². The Balaban J connectivity index is 1.47. The first-order valence-electron chi connectivity index (χ1n) is 11.2. The molecule has 2 heterocycles. The van der Waals surface area contributed by atoms with Crippen LogP contribution < -0.4 is 21.3 Å². The number of para-hydroxylation sites is 1. The molecule has 0 fully saturated rings. The van der Waals surface area contributed by atoms with Crippen LogP contribution in [0.1, 0.15) is 15.9 Å². The molecule has 1 amide bonds. The second-order valence-electron chi connectivity index (χ2n) is 8.30. The number of anilines is 2. The Kier molecular flexibility index (Phi) is 6.33. The molecule has 0 saturated carbocycles. The molecule has 0 saturated heterocycles. The van der Waals surface area contributed by atoms with Crippen molar-refractivity contribution in [3.05, 3.63) is 117 Å². The molecule has 37 heavy (non-hydrogen) atoms. The standard InChI is InChI=1S/C28H20ClFN4O3/c1-16-6-9-19(10-7-16)34-22-5-3-2-4-17(22)14-20(28(34)36)27(35)33-18-8-11-23(21(30)15-18)37-24-12-13-32-26(31)25(24)29/h2-15H,1H3,(H2,31,32)(H,33,35). The van der Waals surface area contributed by atoms with E-state index in [0.29, 0.717) is 16.6 Å². The van der Waals surface area contributed by atoms with Gasteiger partial charge in [0.05, 0.1) is 5.52 Å². The third-order valence-corrected chi connectivity index (χ3v) is 6.12. The normalized spacial score (nSPS) is 10.9. The molecule has 5 aromatic rings. The molecule has 0 bridgehead atoms. The lowest BCUT2D eigenvalue weighted by Gasteiger charge is -2.14. The van der Waals surface area contributed by atoms with E-state index < -0.39 is 17.3 Å². The number of nitrogens with two attached hydrogens (primary N) is 1. The van der Waals surface area contributed by atoms with Gasteiger partial charge in [-0.2, -0.15) is 0 Å². The molecule has 3 aromatic carbocycles. The molecular weight excluding hydrogens is 495 g/mol. The number of nitrogens with zero attached hydrogens (tertiary/aromatic N) is 2. The van der Waals surface area contributed by atoms with Crippen molar-refractivity contribution in [1.82, 2.24) is 9.55 Å². The van der Waals surface area contributed by atoms with Crippen molar-refractivity contribution >= 4 is 39.9 Å². The molecule has 0 aliphatic rings. The average Bonchev–Trinajstić information content (AvgIpc) is 2.88. The highest BCUT2D eigenvalue weighted by Gasteiger charge is 2.18. The van der Waals surface area contributed by atoms with Crippen molar-refractivity contribution in [3.8, 4) is 17.2 Å². The van der Waals surface area contributed by atoms with Crippen LogP contribution in [0.15, 0.2) is 89.9 Å². The number of aromatic nitrogens is 2. The van der Waals surface area contributed by atoms with E-state index in [1.807, 2.05) is 55.5 Å². The molecule has 0 aliphatic carbocycles. The number of carbonyl (C=O) groups is 1. The van der Waals surface area contributed by atoms with Crippen LogP contribution in [-0.4, -0.2) is 15.5 Å². The largest absolute Gasteiger partial charge is 0.453 e. The maximum absolute atomic E-state index is 14.8. The molecule has 3 N–H and O–H groups in total. The number of pyridine rings is 2. The summed E-state index contributed by atoms with van der Waals surface area (Å²) in [6.07, 6.45) is 1.38. The van der Waals surface area contributed by atoms with Crippen molar-refractivity contribution in [2.45, 2.75) is 6.92 Å². The number of hydrogen-bond acceptors (Lipinski definition) is 5. The van der Waals surface area contributed by atoms with Crippen LogP contribution in [0.2, 0.25) is 5.02 Å². The summed E-state index contributed by atoms with van der Waals surface area (Å²) >= 11 is 6.06. The molecule has 9 heteroatoms. The number of benzene rings is 3. The number of rotatable bonds is 5. The third-order valence-electron chi connectivity index (χ3n) is 5.74. The van der Waals surface area contributed by atoms with Crippen LogP contribution in [0, 0.1) is 12.7 Å². The fraction of sp³-hybridized carbons (Fsp3) is 0.0357. The van der Waals surface area contributed by atoms with Gasteiger partial charge in [0.25, 0.3) is 11.5 Å². The van der Waals surface area contributed by atoms with Gasteiger partial charge in [-0.1, -0.05) is 47.5 Å². The topological polar surface area (TPSA) is 99.2 Å². The maximum Gasteiger partial charge on any atom is 0.268 e. The molecule has 184 valence electrons. The van der Waals surface area contributed by atoms with E-state index in [4.69, 9.17) is 22.1 Å². The van der Waals surface area contributed by atoms with Crippen LogP contribution in [0.25, 0.3) is 16.6 Å². The van der Waals surface area contributed by atoms with Gasteiger partial charge in [-0.15, -0.1) is 0 Å². The predicted octanol–water partition coefficient (Wildman–Crippen LogP) is 6.11. The minimum Gasteiger partial charge on any atom is -0.453 e. The summed E-state index contributed by atoms with van der Waals surface area (Å²) in [6, 6.07) is 21.6. The summed E-state index contributed by atoms with van der Waals surface area (Å²) in [5, 5.41) is 3.36. The molecule has 0 unspecified atom stereocenters. The number of ether oxygens (including phenoxy) is 1. The number of nitrogen functional groups attached to an aromatic ring is 1. The summed E-state index contributed by atoms with van der Waals surface area (Å²) in [5.41, 5.74) is 7.55. The summed E-state index contributed by atoms with van der Waals surface area (Å²) < 4.78 is 21.8. The first kappa shape index (κ1) is 24.0. The predicted molar refractivity (Wildman–Crippen MR) is 142 cm³/mol. The quantitative estimate of drug-likeness (QED) is 0.294. The Morgan fingerprint density at radius 3 is 2.54 bits per heavy atom. The Hall–Kier alpha value is -4.69. The lowest BCUT2D eigenvalue weighted by molar-refractivity contribution is 0.102. The molecule has 0 aliphatic heterocycles. The van der Waals surface area contributed by atoms with Crippen LogP contribution in [0.4, 0.5) is 15.9 Å². The zero-order valence-electron chi connectivity index (χ0n) is 19.5. The van der Waals surface area contributed by atoms with Crippen molar-refractivity contribution in [2.75, 3.05) is 11.1 Å². The van der Waals surface area contributed by atoms with Gasteiger partial charge in [0.2, 0.25) is 0 Å². The van der Waals surface area contributed by atoms with Gasteiger partial charge < -0.3 is 15.8 Å². The molecule has 7 nitrogen and oxygen atoms in total. The second-order valence-corrected chi connectivity index (χ2v) is 8.68. The minimum atomic E-state index is -0.750. The lowest BCUT2D eigenvalue weighted by Crippen LogP contribution is -2.28. The van der Waals surface area contributed by atoms with Crippen molar-refractivity contribution in [1.29, 1.82) is 0 Å². The number of nitrogens with one attached hydrogen (secondary N) is 1. The summed E-state index contributed by atoms with van der Waals surface area (Å²) in [4.78, 5) is 30.5. The summed E-state index contributed by atoms with van der Waals surface area (Å²) in [5.74, 6) is -1.36. The van der Waals surface area contributed by atoms with E-state index in [9.17, 15) is 14.0 Å². The van der Waals surface area contributed by atoms with Crippen molar-refractivity contribution < 1.29 is 13.9 Å². The molecule has 5 rings (SSSR count). The SMILES string of the molecule is Cc1ccc(-n2c(=O)c(C(=O)Nc3ccc(Oc4ccnc(N)c4Cl)c(F)c3)cc3ccccc32)cc1. The van der Waals surface area contributed by atoms with E-state index in [1.54, 1.807) is 0 Å². The van der Waals surface area contributed by atoms with Gasteiger partial charge in [0.15, 0.2) is 17.3 Å². The highest BCUT2D eigenvalue weighted by atomic mass is 35.5. The Bertz CT molecular complexity index is 1720. The smallest absolute Gasteiger partial charge is 0.268 e. The minimum absolute atomic E-state index is 0.0511. The molecule has 0 radical (unpaired) electrons. The first-order valence-corrected chi connectivity index (χ1v) is 11.6. The van der Waals surface area contributed by atoms with E-state index in [2.05, 4.69) is 10.3 Å². The second kappa shape index (κ2) is 9.75.